The number of phenols is 1. The molecule has 2 aromatic carbocycles. The standard InChI is InChI=1S/C13H12O3/c1-8-5-11-6-10(13(15)16-2)4-3-9(11)7-12(8)14/h3-7,14H,1-2H3. The third kappa shape index (κ3) is 1.72. The summed E-state index contributed by atoms with van der Waals surface area (Å²) >= 11 is 0. The summed E-state index contributed by atoms with van der Waals surface area (Å²) in [6, 6.07) is 8.76. The number of esters is 1. The summed E-state index contributed by atoms with van der Waals surface area (Å²) in [5, 5.41) is 11.4. The Morgan fingerprint density at radius 1 is 1.19 bits per heavy atom. The topological polar surface area (TPSA) is 46.5 Å². The van der Waals surface area contributed by atoms with Crippen molar-refractivity contribution in [1.82, 2.24) is 0 Å². The Morgan fingerprint density at radius 3 is 2.62 bits per heavy atom. The number of benzene rings is 2. The van der Waals surface area contributed by atoms with Gasteiger partial charge in [0, 0.05) is 0 Å². The fourth-order valence-electron chi connectivity index (χ4n) is 1.64. The summed E-state index contributed by atoms with van der Waals surface area (Å²) in [5.41, 5.74) is 1.30. The molecule has 16 heavy (non-hydrogen) atoms. The predicted molar refractivity (Wildman–Crippen MR) is 61.7 cm³/mol. The van der Waals surface area contributed by atoms with E-state index in [1.165, 1.54) is 7.11 Å². The van der Waals surface area contributed by atoms with Crippen LogP contribution in [-0.4, -0.2) is 18.2 Å². The molecule has 0 aliphatic heterocycles. The number of aryl methyl sites for hydroxylation is 1. The number of rotatable bonds is 1. The third-order valence-electron chi connectivity index (χ3n) is 2.58. The van der Waals surface area contributed by atoms with E-state index in [-0.39, 0.29) is 11.7 Å². The molecule has 0 aliphatic carbocycles. The van der Waals surface area contributed by atoms with Gasteiger partial charge in [-0.2, -0.15) is 0 Å². The van der Waals surface area contributed by atoms with Gasteiger partial charge in [0.05, 0.1) is 12.7 Å². The highest BCUT2D eigenvalue weighted by Crippen LogP contribution is 2.25. The minimum absolute atomic E-state index is 0.262. The molecule has 0 radical (unpaired) electrons. The Morgan fingerprint density at radius 2 is 1.94 bits per heavy atom. The van der Waals surface area contributed by atoms with Gasteiger partial charge < -0.3 is 9.84 Å². The molecule has 2 rings (SSSR count). The fraction of sp³-hybridized carbons (Fsp3) is 0.154. The lowest BCUT2D eigenvalue weighted by atomic mass is 10.0. The van der Waals surface area contributed by atoms with Crippen LogP contribution < -0.4 is 0 Å². The second-order valence-electron chi connectivity index (χ2n) is 3.69. The van der Waals surface area contributed by atoms with E-state index in [0.717, 1.165) is 16.3 Å². The van der Waals surface area contributed by atoms with Crippen LogP contribution in [0.2, 0.25) is 0 Å². The molecule has 1 N–H and O–H groups in total. The monoisotopic (exact) mass is 216 g/mol. The van der Waals surface area contributed by atoms with E-state index in [9.17, 15) is 9.90 Å². The molecule has 0 spiro atoms. The highest BCUT2D eigenvalue weighted by Gasteiger charge is 2.07. The van der Waals surface area contributed by atoms with Crippen molar-refractivity contribution in [2.24, 2.45) is 0 Å². The number of methoxy groups -OCH3 is 1. The molecule has 0 aromatic heterocycles. The van der Waals surface area contributed by atoms with Crippen LogP contribution in [0.25, 0.3) is 10.8 Å². The van der Waals surface area contributed by atoms with Crippen LogP contribution in [-0.2, 0) is 4.74 Å². The van der Waals surface area contributed by atoms with Gasteiger partial charge in [-0.25, -0.2) is 4.79 Å². The summed E-state index contributed by atoms with van der Waals surface area (Å²) in [6.07, 6.45) is 0. The van der Waals surface area contributed by atoms with Crippen molar-refractivity contribution >= 4 is 16.7 Å². The molecule has 0 amide bonds. The summed E-state index contributed by atoms with van der Waals surface area (Å²) in [7, 11) is 1.36. The molecule has 0 heterocycles. The van der Waals surface area contributed by atoms with E-state index < -0.39 is 0 Å². The van der Waals surface area contributed by atoms with Gasteiger partial charge in [-0.3, -0.25) is 0 Å². The summed E-state index contributed by atoms with van der Waals surface area (Å²) in [4.78, 5) is 11.3. The average molecular weight is 216 g/mol. The maximum absolute atomic E-state index is 11.3. The SMILES string of the molecule is COC(=O)c1ccc2cc(O)c(C)cc2c1. The van der Waals surface area contributed by atoms with Crippen molar-refractivity contribution in [2.75, 3.05) is 7.11 Å². The zero-order valence-corrected chi connectivity index (χ0v) is 9.15. The molecule has 0 atom stereocenters. The van der Waals surface area contributed by atoms with Crippen LogP contribution in [0.5, 0.6) is 5.75 Å². The molecule has 82 valence electrons. The zero-order valence-electron chi connectivity index (χ0n) is 9.15. The van der Waals surface area contributed by atoms with Crippen molar-refractivity contribution in [3.05, 3.63) is 41.5 Å². The second kappa shape index (κ2) is 3.85. The largest absolute Gasteiger partial charge is 0.508 e. The van der Waals surface area contributed by atoms with Crippen molar-refractivity contribution < 1.29 is 14.6 Å². The molecule has 3 nitrogen and oxygen atoms in total. The molecule has 0 unspecified atom stereocenters. The number of carbonyl (C=O) groups is 1. The van der Waals surface area contributed by atoms with E-state index in [4.69, 9.17) is 0 Å². The van der Waals surface area contributed by atoms with Gasteiger partial charge in [0.15, 0.2) is 0 Å². The predicted octanol–water partition coefficient (Wildman–Crippen LogP) is 2.64. The van der Waals surface area contributed by atoms with Gasteiger partial charge in [-0.05, 0) is 47.5 Å². The molecule has 0 fully saturated rings. The Balaban J connectivity index is 2.62. The number of phenolic OH excluding ortho intramolecular Hbond substituents is 1. The second-order valence-corrected chi connectivity index (χ2v) is 3.69. The Hall–Kier alpha value is -2.03. The Bertz CT molecular complexity index is 558. The number of fused-ring (bicyclic) bond motifs is 1. The van der Waals surface area contributed by atoms with Gasteiger partial charge in [0.2, 0.25) is 0 Å². The van der Waals surface area contributed by atoms with E-state index in [1.54, 1.807) is 24.3 Å². The number of aromatic hydroxyl groups is 1. The minimum Gasteiger partial charge on any atom is -0.508 e. The first-order valence-electron chi connectivity index (χ1n) is 4.93. The molecule has 0 saturated heterocycles. The van der Waals surface area contributed by atoms with Gasteiger partial charge in [0.25, 0.3) is 0 Å². The normalized spacial score (nSPS) is 10.4. The molecular weight excluding hydrogens is 204 g/mol. The summed E-state index contributed by atoms with van der Waals surface area (Å²) < 4.78 is 4.65. The first-order valence-corrected chi connectivity index (χ1v) is 4.93. The van der Waals surface area contributed by atoms with Crippen LogP contribution in [0.15, 0.2) is 30.3 Å². The highest BCUT2D eigenvalue weighted by molar-refractivity contribution is 5.95. The lowest BCUT2D eigenvalue weighted by Gasteiger charge is -2.04. The van der Waals surface area contributed by atoms with E-state index in [0.29, 0.717) is 5.56 Å². The van der Waals surface area contributed by atoms with E-state index >= 15 is 0 Å². The van der Waals surface area contributed by atoms with Crippen LogP contribution in [0, 0.1) is 6.92 Å². The molecular formula is C13H12O3. The molecule has 2 aromatic rings. The van der Waals surface area contributed by atoms with Crippen LogP contribution in [0.3, 0.4) is 0 Å². The molecule has 0 saturated carbocycles. The van der Waals surface area contributed by atoms with Gasteiger partial charge in [-0.15, -0.1) is 0 Å². The average Bonchev–Trinajstić information content (AvgIpc) is 2.29. The van der Waals surface area contributed by atoms with Crippen LogP contribution in [0.1, 0.15) is 15.9 Å². The van der Waals surface area contributed by atoms with Crippen molar-refractivity contribution in [2.45, 2.75) is 6.92 Å². The third-order valence-corrected chi connectivity index (χ3v) is 2.58. The summed E-state index contributed by atoms with van der Waals surface area (Å²) in [6.45, 7) is 1.82. The fourth-order valence-corrected chi connectivity index (χ4v) is 1.64. The van der Waals surface area contributed by atoms with Crippen molar-refractivity contribution in [1.29, 1.82) is 0 Å². The lowest BCUT2D eigenvalue weighted by molar-refractivity contribution is 0.0601. The molecule has 3 heteroatoms. The molecule has 0 bridgehead atoms. The van der Waals surface area contributed by atoms with E-state index in [2.05, 4.69) is 4.74 Å². The van der Waals surface area contributed by atoms with E-state index in [1.807, 2.05) is 13.0 Å². The van der Waals surface area contributed by atoms with Crippen LogP contribution >= 0.6 is 0 Å². The van der Waals surface area contributed by atoms with Crippen molar-refractivity contribution in [3.8, 4) is 5.75 Å². The zero-order chi connectivity index (χ0) is 11.7. The minimum atomic E-state index is -0.354. The number of ether oxygens (including phenoxy) is 1. The van der Waals surface area contributed by atoms with Gasteiger partial charge in [0.1, 0.15) is 5.75 Å². The first kappa shape index (κ1) is 10.5. The smallest absolute Gasteiger partial charge is 0.337 e. The first-order chi connectivity index (χ1) is 7.61. The Kier molecular flexibility index (Phi) is 2.52. The van der Waals surface area contributed by atoms with Gasteiger partial charge >= 0.3 is 5.97 Å². The molecule has 0 aliphatic rings. The Labute approximate surface area is 93.3 Å². The lowest BCUT2D eigenvalue weighted by Crippen LogP contribution is -2.00. The number of hydrogen-bond donors (Lipinski definition) is 1. The number of hydrogen-bond acceptors (Lipinski definition) is 3. The highest BCUT2D eigenvalue weighted by atomic mass is 16.5. The maximum atomic E-state index is 11.3. The van der Waals surface area contributed by atoms with Crippen LogP contribution in [0.4, 0.5) is 0 Å². The summed E-state index contributed by atoms with van der Waals surface area (Å²) in [5.74, 6) is -0.0917. The number of carbonyl (C=O) groups excluding carboxylic acids is 1. The van der Waals surface area contributed by atoms with Crippen molar-refractivity contribution in [3.63, 3.8) is 0 Å². The maximum Gasteiger partial charge on any atom is 0.337 e. The van der Waals surface area contributed by atoms with Gasteiger partial charge in [-0.1, -0.05) is 6.07 Å². The quantitative estimate of drug-likeness (QED) is 0.745.